The average Bonchev–Trinajstić information content (AvgIpc) is 2.09. The molecule has 0 spiro atoms. The molecule has 1 heterocycles. The number of nitrogens with one attached hydrogen (secondary N) is 1. The zero-order chi connectivity index (χ0) is 10.2. The molecule has 0 radical (unpaired) electrons. The zero-order valence-corrected chi connectivity index (χ0v) is 9.07. The first kappa shape index (κ1) is 10.2. The quantitative estimate of drug-likeness (QED) is 0.815. The van der Waals surface area contributed by atoms with Gasteiger partial charge in [0.1, 0.15) is 0 Å². The van der Waals surface area contributed by atoms with E-state index in [2.05, 4.69) is 5.32 Å². The van der Waals surface area contributed by atoms with E-state index in [9.17, 15) is 5.11 Å². The second-order valence-electron chi connectivity index (χ2n) is 3.75. The lowest BCUT2D eigenvalue weighted by molar-refractivity contribution is -0.00901. The predicted molar refractivity (Wildman–Crippen MR) is 58.0 cm³/mol. The van der Waals surface area contributed by atoms with Crippen LogP contribution in [0.3, 0.4) is 0 Å². The Kier molecular flexibility index (Phi) is 2.71. The summed E-state index contributed by atoms with van der Waals surface area (Å²) in [7, 11) is 0. The smallest absolute Gasteiger partial charge is 0.0935 e. The molecule has 0 bridgehead atoms. The predicted octanol–water partition coefficient (Wildman–Crippen LogP) is 1.87. The van der Waals surface area contributed by atoms with Gasteiger partial charge in [-0.05, 0) is 17.7 Å². The van der Waals surface area contributed by atoms with Crippen LogP contribution in [0.15, 0.2) is 18.2 Å². The third-order valence-corrected chi connectivity index (χ3v) is 3.16. The van der Waals surface area contributed by atoms with Crippen LogP contribution < -0.4 is 5.32 Å². The molecule has 1 fully saturated rings. The maximum atomic E-state index is 9.89. The Hall–Kier alpha value is -0.280. The van der Waals surface area contributed by atoms with Crippen molar-refractivity contribution < 1.29 is 5.11 Å². The van der Waals surface area contributed by atoms with Gasteiger partial charge in [-0.1, -0.05) is 29.3 Å². The highest BCUT2D eigenvalue weighted by molar-refractivity contribution is 6.42. The van der Waals surface area contributed by atoms with Crippen molar-refractivity contribution in [3.8, 4) is 0 Å². The topological polar surface area (TPSA) is 32.3 Å². The fraction of sp³-hybridized carbons (Fsp3) is 0.400. The molecule has 2 nitrogen and oxygen atoms in total. The second-order valence-corrected chi connectivity index (χ2v) is 4.57. The molecule has 1 aromatic carbocycles. The lowest BCUT2D eigenvalue weighted by Crippen LogP contribution is -2.60. The average molecular weight is 232 g/mol. The number of β-amino-alcohol motifs (C(OH)–C–C–N with tert-alkyl or cyclic N) is 1. The summed E-state index contributed by atoms with van der Waals surface area (Å²) >= 11 is 11.7. The van der Waals surface area contributed by atoms with Crippen molar-refractivity contribution in [1.29, 1.82) is 0 Å². The molecule has 1 aromatic rings. The third-order valence-electron chi connectivity index (χ3n) is 2.43. The molecule has 0 aliphatic carbocycles. The summed E-state index contributed by atoms with van der Waals surface area (Å²) in [4.78, 5) is 0. The lowest BCUT2D eigenvalue weighted by atomic mass is 9.89. The van der Waals surface area contributed by atoms with Gasteiger partial charge in [-0.25, -0.2) is 0 Å². The summed E-state index contributed by atoms with van der Waals surface area (Å²) in [6, 6.07) is 5.46. The van der Waals surface area contributed by atoms with Crippen LogP contribution in [0.25, 0.3) is 0 Å². The molecule has 1 saturated heterocycles. The fourth-order valence-electron chi connectivity index (χ4n) is 1.57. The number of rotatable bonds is 2. The van der Waals surface area contributed by atoms with Crippen molar-refractivity contribution >= 4 is 23.2 Å². The van der Waals surface area contributed by atoms with Crippen LogP contribution in [0.2, 0.25) is 10.0 Å². The Morgan fingerprint density at radius 1 is 1.29 bits per heavy atom. The Balaban J connectivity index is 2.13. The summed E-state index contributed by atoms with van der Waals surface area (Å²) in [6.07, 6.45) is 0.622. The van der Waals surface area contributed by atoms with Crippen molar-refractivity contribution in [2.75, 3.05) is 13.1 Å². The molecule has 2 rings (SSSR count). The first-order valence-corrected chi connectivity index (χ1v) is 5.22. The van der Waals surface area contributed by atoms with Gasteiger partial charge >= 0.3 is 0 Å². The minimum atomic E-state index is -0.600. The highest BCUT2D eigenvalue weighted by Crippen LogP contribution is 2.25. The number of halogens is 2. The second kappa shape index (κ2) is 3.70. The number of hydrogen-bond donors (Lipinski definition) is 2. The van der Waals surface area contributed by atoms with Crippen molar-refractivity contribution in [1.82, 2.24) is 5.32 Å². The van der Waals surface area contributed by atoms with E-state index in [1.54, 1.807) is 12.1 Å². The van der Waals surface area contributed by atoms with Crippen LogP contribution in [0.1, 0.15) is 5.56 Å². The van der Waals surface area contributed by atoms with E-state index < -0.39 is 5.60 Å². The molecule has 0 amide bonds. The van der Waals surface area contributed by atoms with Gasteiger partial charge in [0.15, 0.2) is 0 Å². The first-order valence-electron chi connectivity index (χ1n) is 4.46. The Morgan fingerprint density at radius 3 is 2.50 bits per heavy atom. The SMILES string of the molecule is OC1(Cc2ccc(Cl)c(Cl)c2)CNC1. The molecular formula is C10H11Cl2NO. The molecule has 4 heteroatoms. The van der Waals surface area contributed by atoms with E-state index in [0.717, 1.165) is 5.56 Å². The number of hydrogen-bond acceptors (Lipinski definition) is 2. The molecule has 0 atom stereocenters. The normalized spacial score (nSPS) is 19.1. The highest BCUT2D eigenvalue weighted by Gasteiger charge is 2.34. The third kappa shape index (κ3) is 2.04. The van der Waals surface area contributed by atoms with Crippen molar-refractivity contribution in [2.24, 2.45) is 0 Å². The monoisotopic (exact) mass is 231 g/mol. The van der Waals surface area contributed by atoms with E-state index in [1.165, 1.54) is 0 Å². The molecule has 2 N–H and O–H groups in total. The van der Waals surface area contributed by atoms with Gasteiger partial charge in [0.05, 0.1) is 15.6 Å². The van der Waals surface area contributed by atoms with E-state index in [4.69, 9.17) is 23.2 Å². The van der Waals surface area contributed by atoms with Crippen LogP contribution in [0.4, 0.5) is 0 Å². The van der Waals surface area contributed by atoms with E-state index in [-0.39, 0.29) is 0 Å². The molecule has 0 saturated carbocycles. The molecular weight excluding hydrogens is 221 g/mol. The zero-order valence-electron chi connectivity index (χ0n) is 7.56. The van der Waals surface area contributed by atoms with Gasteiger partial charge in [-0.15, -0.1) is 0 Å². The molecule has 76 valence electrons. The van der Waals surface area contributed by atoms with Gasteiger partial charge in [0, 0.05) is 19.5 Å². The molecule has 14 heavy (non-hydrogen) atoms. The standard InChI is InChI=1S/C10H11Cl2NO/c11-8-2-1-7(3-9(8)12)4-10(14)5-13-6-10/h1-3,13-14H,4-6H2. The van der Waals surface area contributed by atoms with Crippen LogP contribution in [-0.4, -0.2) is 23.8 Å². The maximum Gasteiger partial charge on any atom is 0.0935 e. The molecule has 1 aliphatic rings. The van der Waals surface area contributed by atoms with Crippen LogP contribution in [0, 0.1) is 0 Å². The fourth-order valence-corrected chi connectivity index (χ4v) is 1.89. The van der Waals surface area contributed by atoms with Gasteiger partial charge in [0.25, 0.3) is 0 Å². The van der Waals surface area contributed by atoms with Gasteiger partial charge < -0.3 is 10.4 Å². The van der Waals surface area contributed by atoms with Gasteiger partial charge in [0.2, 0.25) is 0 Å². The van der Waals surface area contributed by atoms with E-state index in [0.29, 0.717) is 29.6 Å². The summed E-state index contributed by atoms with van der Waals surface area (Å²) < 4.78 is 0. The number of benzene rings is 1. The molecule has 0 unspecified atom stereocenters. The van der Waals surface area contributed by atoms with E-state index in [1.807, 2.05) is 6.07 Å². The number of aliphatic hydroxyl groups is 1. The van der Waals surface area contributed by atoms with E-state index >= 15 is 0 Å². The summed E-state index contributed by atoms with van der Waals surface area (Å²) in [5.41, 5.74) is 0.417. The van der Waals surface area contributed by atoms with Crippen LogP contribution in [-0.2, 0) is 6.42 Å². The van der Waals surface area contributed by atoms with Crippen molar-refractivity contribution in [2.45, 2.75) is 12.0 Å². The van der Waals surface area contributed by atoms with Gasteiger partial charge in [-0.3, -0.25) is 0 Å². The largest absolute Gasteiger partial charge is 0.387 e. The Bertz CT molecular complexity index is 350. The molecule has 0 aromatic heterocycles. The van der Waals surface area contributed by atoms with Crippen molar-refractivity contribution in [3.05, 3.63) is 33.8 Å². The minimum Gasteiger partial charge on any atom is -0.387 e. The summed E-state index contributed by atoms with van der Waals surface area (Å²) in [5, 5.41) is 14.0. The van der Waals surface area contributed by atoms with Crippen LogP contribution >= 0.6 is 23.2 Å². The highest BCUT2D eigenvalue weighted by atomic mass is 35.5. The molecule has 1 aliphatic heterocycles. The van der Waals surface area contributed by atoms with Crippen molar-refractivity contribution in [3.63, 3.8) is 0 Å². The maximum absolute atomic E-state index is 9.89. The first-order chi connectivity index (χ1) is 6.59. The lowest BCUT2D eigenvalue weighted by Gasteiger charge is -2.37. The van der Waals surface area contributed by atoms with Gasteiger partial charge in [-0.2, -0.15) is 0 Å². The summed E-state index contributed by atoms with van der Waals surface area (Å²) in [6.45, 7) is 1.29. The minimum absolute atomic E-state index is 0.542. The van der Waals surface area contributed by atoms with Crippen LogP contribution in [0.5, 0.6) is 0 Å². The Morgan fingerprint density at radius 2 is 2.00 bits per heavy atom. The summed E-state index contributed by atoms with van der Waals surface area (Å²) in [5.74, 6) is 0. The Labute approximate surface area is 92.8 Å².